The van der Waals surface area contributed by atoms with E-state index in [0.717, 1.165) is 24.2 Å². The first kappa shape index (κ1) is 22.2. The summed E-state index contributed by atoms with van der Waals surface area (Å²) in [4.78, 5) is 43.5. The number of nitrogens with zero attached hydrogens (tertiary/aromatic N) is 2. The Hall–Kier alpha value is -3.00. The van der Waals surface area contributed by atoms with E-state index in [1.807, 2.05) is 43.3 Å². The zero-order valence-electron chi connectivity index (χ0n) is 18.1. The molecule has 1 atom stereocenters. The standard InChI is InChI=1S/C24H27N3O4S/c1-2-31-19-12-6-4-10-17(19)25-21(28)16-27-18-11-5-7-13-20(18)32-22(24(27)30)23(29)26-14-8-3-9-15-26/h4-7,10-13,22H,2-3,8-9,14-16H2,1H3,(H,25,28). The Labute approximate surface area is 192 Å². The number of thioether (sulfide) groups is 1. The summed E-state index contributed by atoms with van der Waals surface area (Å²) >= 11 is 1.28. The van der Waals surface area contributed by atoms with Gasteiger partial charge >= 0.3 is 0 Å². The molecule has 0 spiro atoms. The van der Waals surface area contributed by atoms with Crippen molar-refractivity contribution in [2.75, 3.05) is 36.5 Å². The lowest BCUT2D eigenvalue weighted by Crippen LogP contribution is -2.52. The van der Waals surface area contributed by atoms with Gasteiger partial charge in [-0.1, -0.05) is 24.3 Å². The summed E-state index contributed by atoms with van der Waals surface area (Å²) in [5, 5.41) is 1.97. The van der Waals surface area contributed by atoms with Crippen LogP contribution in [0.3, 0.4) is 0 Å². The molecule has 1 unspecified atom stereocenters. The zero-order chi connectivity index (χ0) is 22.5. The molecule has 1 saturated heterocycles. The van der Waals surface area contributed by atoms with Gasteiger partial charge in [0, 0.05) is 18.0 Å². The molecule has 2 heterocycles. The van der Waals surface area contributed by atoms with Gasteiger partial charge in [-0.3, -0.25) is 14.4 Å². The van der Waals surface area contributed by atoms with E-state index in [9.17, 15) is 14.4 Å². The molecule has 2 aromatic rings. The Kier molecular flexibility index (Phi) is 6.99. The third-order valence-corrected chi connectivity index (χ3v) is 6.78. The van der Waals surface area contributed by atoms with E-state index in [1.165, 1.54) is 16.7 Å². The smallest absolute Gasteiger partial charge is 0.250 e. The van der Waals surface area contributed by atoms with E-state index < -0.39 is 5.25 Å². The molecular weight excluding hydrogens is 426 g/mol. The highest BCUT2D eigenvalue weighted by Crippen LogP contribution is 2.40. The Morgan fingerprint density at radius 2 is 1.78 bits per heavy atom. The van der Waals surface area contributed by atoms with Crippen LogP contribution in [0.25, 0.3) is 0 Å². The van der Waals surface area contributed by atoms with E-state index in [1.54, 1.807) is 17.0 Å². The van der Waals surface area contributed by atoms with E-state index in [-0.39, 0.29) is 24.3 Å². The highest BCUT2D eigenvalue weighted by atomic mass is 32.2. The fourth-order valence-electron chi connectivity index (χ4n) is 4.00. The fraction of sp³-hybridized carbons (Fsp3) is 0.375. The summed E-state index contributed by atoms with van der Waals surface area (Å²) in [7, 11) is 0. The van der Waals surface area contributed by atoms with Crippen molar-refractivity contribution in [2.24, 2.45) is 0 Å². The van der Waals surface area contributed by atoms with Crippen LogP contribution < -0.4 is 15.0 Å². The van der Waals surface area contributed by atoms with Crippen LogP contribution in [0.1, 0.15) is 26.2 Å². The first-order valence-corrected chi connectivity index (χ1v) is 11.8. The van der Waals surface area contributed by atoms with Gasteiger partial charge in [0.05, 0.1) is 18.0 Å². The molecule has 2 aromatic carbocycles. The number of hydrogen-bond donors (Lipinski definition) is 1. The van der Waals surface area contributed by atoms with Crippen molar-refractivity contribution in [2.45, 2.75) is 36.3 Å². The van der Waals surface area contributed by atoms with Crippen molar-refractivity contribution in [1.29, 1.82) is 0 Å². The Bertz CT molecular complexity index is 1010. The van der Waals surface area contributed by atoms with Gasteiger partial charge < -0.3 is 19.9 Å². The maximum absolute atomic E-state index is 13.4. The van der Waals surface area contributed by atoms with Crippen LogP contribution in [0, 0.1) is 0 Å². The normalized spacial score (nSPS) is 18.2. The first-order chi connectivity index (χ1) is 15.6. The molecule has 8 heteroatoms. The quantitative estimate of drug-likeness (QED) is 0.677. The molecule has 7 nitrogen and oxygen atoms in total. The van der Waals surface area contributed by atoms with Crippen LogP contribution in [0.2, 0.25) is 0 Å². The number of carbonyl (C=O) groups is 3. The lowest BCUT2D eigenvalue weighted by Gasteiger charge is -2.36. The molecular formula is C24H27N3O4S. The number of carbonyl (C=O) groups excluding carboxylic acids is 3. The maximum Gasteiger partial charge on any atom is 0.250 e. The van der Waals surface area contributed by atoms with Crippen molar-refractivity contribution in [3.8, 4) is 5.75 Å². The molecule has 0 bridgehead atoms. The summed E-state index contributed by atoms with van der Waals surface area (Å²) in [6, 6.07) is 14.6. The number of anilines is 2. The Balaban J connectivity index is 1.54. The average Bonchev–Trinajstić information content (AvgIpc) is 2.82. The summed E-state index contributed by atoms with van der Waals surface area (Å²) in [5.41, 5.74) is 1.20. The van der Waals surface area contributed by atoms with Crippen molar-refractivity contribution in [1.82, 2.24) is 4.90 Å². The van der Waals surface area contributed by atoms with Gasteiger partial charge in [0.25, 0.3) is 5.91 Å². The number of amides is 3. The Morgan fingerprint density at radius 3 is 2.56 bits per heavy atom. The minimum absolute atomic E-state index is 0.165. The van der Waals surface area contributed by atoms with E-state index in [0.29, 0.717) is 36.8 Å². The first-order valence-electron chi connectivity index (χ1n) is 11.0. The lowest BCUT2D eigenvalue weighted by atomic mass is 10.1. The number of para-hydroxylation sites is 3. The minimum atomic E-state index is -0.869. The zero-order valence-corrected chi connectivity index (χ0v) is 18.9. The molecule has 0 aliphatic carbocycles. The molecule has 1 N–H and O–H groups in total. The van der Waals surface area contributed by atoms with Crippen LogP contribution in [0.5, 0.6) is 5.75 Å². The van der Waals surface area contributed by atoms with Crippen molar-refractivity contribution in [3.63, 3.8) is 0 Å². The second-order valence-electron chi connectivity index (χ2n) is 7.75. The average molecular weight is 454 g/mol. The highest BCUT2D eigenvalue weighted by Gasteiger charge is 2.41. The van der Waals surface area contributed by atoms with Crippen LogP contribution in [-0.4, -0.2) is 54.1 Å². The van der Waals surface area contributed by atoms with E-state index >= 15 is 0 Å². The second-order valence-corrected chi connectivity index (χ2v) is 8.90. The number of nitrogens with one attached hydrogen (secondary N) is 1. The third-order valence-electron chi connectivity index (χ3n) is 5.55. The summed E-state index contributed by atoms with van der Waals surface area (Å²) in [5.74, 6) is -0.294. The third kappa shape index (κ3) is 4.75. The van der Waals surface area contributed by atoms with E-state index in [4.69, 9.17) is 4.74 Å². The molecule has 2 aliphatic heterocycles. The monoisotopic (exact) mass is 453 g/mol. The molecule has 3 amide bonds. The largest absolute Gasteiger partial charge is 0.492 e. The SMILES string of the molecule is CCOc1ccccc1NC(=O)CN1C(=O)C(C(=O)N2CCCCC2)Sc2ccccc21. The van der Waals surface area contributed by atoms with Crippen molar-refractivity contribution in [3.05, 3.63) is 48.5 Å². The maximum atomic E-state index is 13.4. The number of ether oxygens (including phenoxy) is 1. The molecule has 2 aliphatic rings. The van der Waals surface area contributed by atoms with Crippen LogP contribution >= 0.6 is 11.8 Å². The number of piperidine rings is 1. The van der Waals surface area contributed by atoms with Gasteiger partial charge in [-0.2, -0.15) is 0 Å². The topological polar surface area (TPSA) is 79.0 Å². The number of benzene rings is 2. The minimum Gasteiger partial charge on any atom is -0.492 e. The lowest BCUT2D eigenvalue weighted by molar-refractivity contribution is -0.135. The Morgan fingerprint density at radius 1 is 1.06 bits per heavy atom. The van der Waals surface area contributed by atoms with Crippen LogP contribution in [0.15, 0.2) is 53.4 Å². The predicted molar refractivity (Wildman–Crippen MR) is 125 cm³/mol. The second kappa shape index (κ2) is 10.1. The van der Waals surface area contributed by atoms with Crippen molar-refractivity contribution >= 4 is 40.9 Å². The van der Waals surface area contributed by atoms with E-state index in [2.05, 4.69) is 5.32 Å². The number of hydrogen-bond acceptors (Lipinski definition) is 5. The molecule has 4 rings (SSSR count). The molecule has 0 radical (unpaired) electrons. The van der Waals surface area contributed by atoms with Gasteiger partial charge in [-0.25, -0.2) is 0 Å². The summed E-state index contributed by atoms with van der Waals surface area (Å²) in [6.45, 7) is 3.53. The fourth-order valence-corrected chi connectivity index (χ4v) is 5.19. The van der Waals surface area contributed by atoms with Gasteiger partial charge in [0.2, 0.25) is 11.8 Å². The molecule has 1 fully saturated rings. The number of likely N-dealkylation sites (tertiary alicyclic amines) is 1. The summed E-state index contributed by atoms with van der Waals surface area (Å²) in [6.07, 6.45) is 3.02. The highest BCUT2D eigenvalue weighted by molar-refractivity contribution is 8.01. The predicted octanol–water partition coefficient (Wildman–Crippen LogP) is 3.54. The van der Waals surface area contributed by atoms with Gasteiger partial charge in [0.1, 0.15) is 12.3 Å². The van der Waals surface area contributed by atoms with Crippen LogP contribution in [0.4, 0.5) is 11.4 Å². The molecule has 0 saturated carbocycles. The number of rotatable bonds is 6. The van der Waals surface area contributed by atoms with Crippen molar-refractivity contribution < 1.29 is 19.1 Å². The van der Waals surface area contributed by atoms with Crippen LogP contribution in [-0.2, 0) is 14.4 Å². The molecule has 168 valence electrons. The van der Waals surface area contributed by atoms with Gasteiger partial charge in [-0.15, -0.1) is 11.8 Å². The van der Waals surface area contributed by atoms with Gasteiger partial charge in [-0.05, 0) is 50.5 Å². The van der Waals surface area contributed by atoms with Gasteiger partial charge in [0.15, 0.2) is 5.25 Å². The molecule has 0 aromatic heterocycles. The summed E-state index contributed by atoms with van der Waals surface area (Å²) < 4.78 is 5.57. The molecule has 32 heavy (non-hydrogen) atoms. The number of fused-ring (bicyclic) bond motifs is 1.